The third kappa shape index (κ3) is 3.85. The number of anilines is 1. The van der Waals surface area contributed by atoms with Crippen molar-refractivity contribution in [1.29, 1.82) is 0 Å². The summed E-state index contributed by atoms with van der Waals surface area (Å²) in [6.45, 7) is 0. The van der Waals surface area contributed by atoms with Gasteiger partial charge in [-0.25, -0.2) is 4.39 Å². The summed E-state index contributed by atoms with van der Waals surface area (Å²) in [6, 6.07) is 9.15. The lowest BCUT2D eigenvalue weighted by molar-refractivity contribution is -0.113. The van der Waals surface area contributed by atoms with Gasteiger partial charge in [-0.15, -0.1) is 10.2 Å². The number of benzene rings is 1. The zero-order valence-corrected chi connectivity index (χ0v) is 14.9. The Bertz CT molecular complexity index is 863. The first kappa shape index (κ1) is 16.7. The van der Waals surface area contributed by atoms with Crippen molar-refractivity contribution in [1.82, 2.24) is 14.8 Å². The third-order valence-corrected chi connectivity index (χ3v) is 4.54. The van der Waals surface area contributed by atoms with Gasteiger partial charge in [-0.1, -0.05) is 11.8 Å². The molecule has 0 saturated carbocycles. The number of halogens is 2. The van der Waals surface area contributed by atoms with Crippen molar-refractivity contribution in [3.05, 3.63) is 46.9 Å². The van der Waals surface area contributed by atoms with E-state index >= 15 is 0 Å². The molecule has 2 aromatic heterocycles. The summed E-state index contributed by atoms with van der Waals surface area (Å²) in [5.74, 6) is 0.752. The second-order valence-electron chi connectivity index (χ2n) is 4.81. The molecular weight excluding hydrogens is 399 g/mol. The second-order valence-corrected chi connectivity index (χ2v) is 6.54. The Kier molecular flexibility index (Phi) is 5.00. The van der Waals surface area contributed by atoms with Gasteiger partial charge in [0.2, 0.25) is 5.91 Å². The maximum absolute atomic E-state index is 12.8. The van der Waals surface area contributed by atoms with Crippen LogP contribution in [0.25, 0.3) is 11.6 Å². The number of furan rings is 1. The van der Waals surface area contributed by atoms with Gasteiger partial charge >= 0.3 is 0 Å². The van der Waals surface area contributed by atoms with Gasteiger partial charge in [-0.05, 0) is 52.3 Å². The van der Waals surface area contributed by atoms with Gasteiger partial charge in [-0.3, -0.25) is 4.79 Å². The Hall–Kier alpha value is -2.13. The van der Waals surface area contributed by atoms with Gasteiger partial charge in [0.05, 0.1) is 5.75 Å². The molecule has 0 radical (unpaired) electrons. The van der Waals surface area contributed by atoms with Crippen LogP contribution in [0.15, 0.2) is 50.6 Å². The summed E-state index contributed by atoms with van der Waals surface area (Å²) in [6.07, 6.45) is 0. The molecule has 124 valence electrons. The Labute approximate surface area is 149 Å². The molecular formula is C15H12BrFN4O2S. The van der Waals surface area contributed by atoms with Crippen LogP contribution in [0.1, 0.15) is 0 Å². The average Bonchev–Trinajstić information content (AvgIpc) is 3.13. The van der Waals surface area contributed by atoms with Crippen LogP contribution < -0.4 is 5.32 Å². The molecule has 0 bridgehead atoms. The number of carbonyl (C=O) groups excluding carboxylic acids is 1. The van der Waals surface area contributed by atoms with E-state index in [1.165, 1.54) is 36.0 Å². The third-order valence-electron chi connectivity index (χ3n) is 3.09. The number of thioether (sulfide) groups is 1. The monoisotopic (exact) mass is 410 g/mol. The number of nitrogens with zero attached hydrogens (tertiary/aromatic N) is 3. The Morgan fingerprint density at radius 1 is 1.29 bits per heavy atom. The summed E-state index contributed by atoms with van der Waals surface area (Å²) in [5.41, 5.74) is 0.543. The van der Waals surface area contributed by atoms with Crippen LogP contribution in [0.5, 0.6) is 0 Å². The van der Waals surface area contributed by atoms with E-state index in [2.05, 4.69) is 31.4 Å². The minimum absolute atomic E-state index is 0.158. The minimum atomic E-state index is -0.349. The summed E-state index contributed by atoms with van der Waals surface area (Å²) in [4.78, 5) is 12.0. The molecule has 3 aromatic rings. The molecule has 0 fully saturated rings. The summed E-state index contributed by atoms with van der Waals surface area (Å²) in [7, 11) is 1.80. The van der Waals surface area contributed by atoms with E-state index < -0.39 is 0 Å². The number of hydrogen-bond acceptors (Lipinski definition) is 5. The molecule has 0 unspecified atom stereocenters. The van der Waals surface area contributed by atoms with Gasteiger partial charge < -0.3 is 14.3 Å². The standard InChI is InChI=1S/C15H12BrFN4O2S/c1-21-14(11-6-7-12(16)23-11)19-20-15(21)24-8-13(22)18-10-4-2-9(17)3-5-10/h2-7H,8H2,1H3,(H,18,22). The highest BCUT2D eigenvalue weighted by Crippen LogP contribution is 2.26. The topological polar surface area (TPSA) is 73.0 Å². The van der Waals surface area contributed by atoms with Crippen molar-refractivity contribution in [3.63, 3.8) is 0 Å². The smallest absolute Gasteiger partial charge is 0.234 e. The van der Waals surface area contributed by atoms with Crippen LogP contribution in [-0.2, 0) is 11.8 Å². The molecule has 3 rings (SSSR count). The van der Waals surface area contributed by atoms with E-state index in [0.717, 1.165) is 0 Å². The quantitative estimate of drug-likeness (QED) is 0.649. The molecule has 0 spiro atoms. The fourth-order valence-corrected chi connectivity index (χ4v) is 2.97. The molecule has 1 amide bonds. The highest BCUT2D eigenvalue weighted by atomic mass is 79.9. The lowest BCUT2D eigenvalue weighted by Crippen LogP contribution is -2.14. The Morgan fingerprint density at radius 3 is 2.71 bits per heavy atom. The fourth-order valence-electron chi connectivity index (χ4n) is 1.95. The number of amides is 1. The van der Waals surface area contributed by atoms with Crippen LogP contribution in [0.2, 0.25) is 0 Å². The number of carbonyl (C=O) groups is 1. The van der Waals surface area contributed by atoms with Crippen molar-refractivity contribution in [3.8, 4) is 11.6 Å². The molecule has 2 heterocycles. The van der Waals surface area contributed by atoms with Gasteiger partial charge in [0.25, 0.3) is 0 Å². The molecule has 24 heavy (non-hydrogen) atoms. The maximum atomic E-state index is 12.8. The van der Waals surface area contributed by atoms with Crippen molar-refractivity contribution in [2.24, 2.45) is 7.05 Å². The van der Waals surface area contributed by atoms with E-state index in [1.807, 2.05) is 0 Å². The SMILES string of the molecule is Cn1c(SCC(=O)Nc2ccc(F)cc2)nnc1-c1ccc(Br)o1. The zero-order chi connectivity index (χ0) is 17.1. The summed E-state index contributed by atoms with van der Waals surface area (Å²) in [5, 5.41) is 11.4. The van der Waals surface area contributed by atoms with Gasteiger partial charge in [0, 0.05) is 12.7 Å². The van der Waals surface area contributed by atoms with Crippen molar-refractivity contribution in [2.75, 3.05) is 11.1 Å². The van der Waals surface area contributed by atoms with Crippen LogP contribution in [-0.4, -0.2) is 26.4 Å². The molecule has 0 aliphatic rings. The van der Waals surface area contributed by atoms with Gasteiger partial charge in [0.1, 0.15) is 5.82 Å². The lowest BCUT2D eigenvalue weighted by atomic mass is 10.3. The number of hydrogen-bond donors (Lipinski definition) is 1. The summed E-state index contributed by atoms with van der Waals surface area (Å²) >= 11 is 4.49. The molecule has 0 saturated heterocycles. The van der Waals surface area contributed by atoms with Crippen molar-refractivity contribution in [2.45, 2.75) is 5.16 Å². The first-order valence-corrected chi connectivity index (χ1v) is 8.64. The zero-order valence-electron chi connectivity index (χ0n) is 12.5. The first-order chi connectivity index (χ1) is 11.5. The molecule has 0 aliphatic heterocycles. The predicted octanol–water partition coefficient (Wildman–Crippen LogP) is 3.71. The summed E-state index contributed by atoms with van der Waals surface area (Å²) < 4.78 is 20.6. The number of nitrogens with one attached hydrogen (secondary N) is 1. The van der Waals surface area contributed by atoms with Crippen molar-refractivity contribution < 1.29 is 13.6 Å². The fraction of sp³-hybridized carbons (Fsp3) is 0.133. The highest BCUT2D eigenvalue weighted by molar-refractivity contribution is 9.10. The van der Waals surface area contributed by atoms with Gasteiger partial charge in [-0.2, -0.15) is 0 Å². The minimum Gasteiger partial charge on any atom is -0.446 e. The normalized spacial score (nSPS) is 10.8. The van der Waals surface area contributed by atoms with Crippen LogP contribution in [0, 0.1) is 5.82 Å². The molecule has 1 aromatic carbocycles. The Balaban J connectivity index is 1.61. The second kappa shape index (κ2) is 7.18. The van der Waals surface area contributed by atoms with E-state index in [9.17, 15) is 9.18 Å². The van der Waals surface area contributed by atoms with E-state index in [1.54, 1.807) is 23.7 Å². The first-order valence-electron chi connectivity index (χ1n) is 6.86. The highest BCUT2D eigenvalue weighted by Gasteiger charge is 2.15. The van der Waals surface area contributed by atoms with Crippen LogP contribution >= 0.6 is 27.7 Å². The Morgan fingerprint density at radius 2 is 2.04 bits per heavy atom. The maximum Gasteiger partial charge on any atom is 0.234 e. The van der Waals surface area contributed by atoms with E-state index in [0.29, 0.717) is 27.1 Å². The lowest BCUT2D eigenvalue weighted by Gasteiger charge is -2.05. The van der Waals surface area contributed by atoms with Gasteiger partial charge in [0.15, 0.2) is 21.4 Å². The predicted molar refractivity (Wildman–Crippen MR) is 92.2 cm³/mol. The average molecular weight is 411 g/mol. The molecule has 6 nitrogen and oxygen atoms in total. The number of rotatable bonds is 5. The van der Waals surface area contributed by atoms with Crippen molar-refractivity contribution >= 4 is 39.3 Å². The van der Waals surface area contributed by atoms with Crippen LogP contribution in [0.4, 0.5) is 10.1 Å². The molecule has 0 atom stereocenters. The van der Waals surface area contributed by atoms with E-state index in [-0.39, 0.29) is 17.5 Å². The molecule has 9 heteroatoms. The molecule has 1 N–H and O–H groups in total. The van der Waals surface area contributed by atoms with E-state index in [4.69, 9.17) is 4.42 Å². The largest absolute Gasteiger partial charge is 0.446 e. The van der Waals surface area contributed by atoms with Crippen LogP contribution in [0.3, 0.4) is 0 Å². The number of aromatic nitrogens is 3. The molecule has 0 aliphatic carbocycles.